The Morgan fingerprint density at radius 2 is 1.87 bits per heavy atom. The molecule has 0 spiro atoms. The van der Waals surface area contributed by atoms with E-state index in [9.17, 15) is 9.59 Å². The number of benzene rings is 1. The Morgan fingerprint density at radius 3 is 2.61 bits per heavy atom. The number of carbonyl (C=O) groups excluding carboxylic acids is 2. The predicted octanol–water partition coefficient (Wildman–Crippen LogP) is 1.58. The van der Waals surface area contributed by atoms with Gasteiger partial charge >= 0.3 is 0 Å². The number of anilines is 1. The highest BCUT2D eigenvalue weighted by molar-refractivity contribution is 6.08. The molecule has 3 heterocycles. The van der Waals surface area contributed by atoms with E-state index in [-0.39, 0.29) is 17.5 Å². The molecule has 0 atom stereocenters. The van der Waals surface area contributed by atoms with Crippen molar-refractivity contribution in [2.24, 2.45) is 14.1 Å². The van der Waals surface area contributed by atoms with E-state index in [0.29, 0.717) is 24.3 Å². The molecule has 0 aliphatic rings. The van der Waals surface area contributed by atoms with E-state index in [1.54, 1.807) is 40.9 Å². The smallest absolute Gasteiger partial charge is 0.271 e. The average molecular weight is 418 g/mol. The minimum Gasteiger partial charge on any atom is -0.346 e. The third-order valence-electron chi connectivity index (χ3n) is 4.71. The van der Waals surface area contributed by atoms with Crippen molar-refractivity contribution in [2.45, 2.75) is 13.1 Å². The number of nitrogens with zero attached hydrogens (tertiary/aromatic N) is 6. The molecule has 0 fully saturated rings. The zero-order valence-corrected chi connectivity index (χ0v) is 17.2. The maximum Gasteiger partial charge on any atom is 0.271 e. The van der Waals surface area contributed by atoms with Crippen molar-refractivity contribution in [2.75, 3.05) is 5.32 Å². The van der Waals surface area contributed by atoms with Gasteiger partial charge in [0.05, 0.1) is 24.6 Å². The minimum absolute atomic E-state index is 0.268. The lowest BCUT2D eigenvalue weighted by Crippen LogP contribution is -2.26. The van der Waals surface area contributed by atoms with Crippen molar-refractivity contribution in [3.63, 3.8) is 0 Å². The van der Waals surface area contributed by atoms with Gasteiger partial charge in [-0.25, -0.2) is 0 Å². The summed E-state index contributed by atoms with van der Waals surface area (Å²) in [5.74, 6) is -0.664. The molecule has 0 radical (unpaired) electrons. The molecule has 0 aliphatic heterocycles. The molecule has 31 heavy (non-hydrogen) atoms. The highest BCUT2D eigenvalue weighted by atomic mass is 16.2. The van der Waals surface area contributed by atoms with Crippen LogP contribution in [0.3, 0.4) is 0 Å². The van der Waals surface area contributed by atoms with Crippen LogP contribution in [0.25, 0.3) is 0 Å². The van der Waals surface area contributed by atoms with Crippen LogP contribution in [0.2, 0.25) is 0 Å². The third-order valence-corrected chi connectivity index (χ3v) is 4.71. The van der Waals surface area contributed by atoms with Gasteiger partial charge in [0.25, 0.3) is 11.8 Å². The van der Waals surface area contributed by atoms with E-state index in [1.807, 2.05) is 37.6 Å². The Kier molecular flexibility index (Phi) is 5.61. The molecule has 2 amide bonds. The van der Waals surface area contributed by atoms with Crippen LogP contribution in [-0.4, -0.2) is 41.2 Å². The number of carbonyl (C=O) groups is 2. The van der Waals surface area contributed by atoms with Crippen molar-refractivity contribution in [1.29, 1.82) is 0 Å². The molecule has 4 rings (SSSR count). The molecule has 10 nitrogen and oxygen atoms in total. The van der Waals surface area contributed by atoms with Crippen LogP contribution in [0.15, 0.2) is 61.3 Å². The molecule has 0 unspecified atom stereocenters. The summed E-state index contributed by atoms with van der Waals surface area (Å²) in [7, 11) is 3.46. The highest BCUT2D eigenvalue weighted by Gasteiger charge is 2.19. The SMILES string of the molecule is Cn1cc(CNC(=O)c2c(NC(=O)c3cccc(Cn4cccn4)c3)cnn2C)cn1. The summed E-state index contributed by atoms with van der Waals surface area (Å²) in [4.78, 5) is 25.5. The number of rotatable bonds is 7. The summed E-state index contributed by atoms with van der Waals surface area (Å²) in [6.07, 6.45) is 8.54. The maximum absolute atomic E-state index is 12.8. The van der Waals surface area contributed by atoms with Crippen LogP contribution < -0.4 is 10.6 Å². The first kappa shape index (κ1) is 20.1. The van der Waals surface area contributed by atoms with Gasteiger partial charge in [-0.05, 0) is 23.8 Å². The molecular formula is C21H22N8O2. The number of nitrogens with one attached hydrogen (secondary N) is 2. The van der Waals surface area contributed by atoms with E-state index in [4.69, 9.17) is 0 Å². The second-order valence-electron chi connectivity index (χ2n) is 7.09. The Hall–Kier alpha value is -4.21. The second-order valence-corrected chi connectivity index (χ2v) is 7.09. The van der Waals surface area contributed by atoms with E-state index in [0.717, 1.165) is 11.1 Å². The van der Waals surface area contributed by atoms with Crippen LogP contribution >= 0.6 is 0 Å². The van der Waals surface area contributed by atoms with Crippen molar-refractivity contribution < 1.29 is 9.59 Å². The largest absolute Gasteiger partial charge is 0.346 e. The molecule has 10 heteroatoms. The van der Waals surface area contributed by atoms with Gasteiger partial charge in [-0.2, -0.15) is 15.3 Å². The molecule has 3 aromatic heterocycles. The van der Waals surface area contributed by atoms with Crippen molar-refractivity contribution in [3.05, 3.63) is 83.7 Å². The van der Waals surface area contributed by atoms with Crippen LogP contribution in [0.5, 0.6) is 0 Å². The van der Waals surface area contributed by atoms with Gasteiger partial charge in [0, 0.05) is 50.4 Å². The highest BCUT2D eigenvalue weighted by Crippen LogP contribution is 2.16. The van der Waals surface area contributed by atoms with Crippen LogP contribution in [0.1, 0.15) is 32.0 Å². The standard InChI is InChI=1S/C21H22N8O2/c1-27-13-16(11-24-27)10-22-21(31)19-18(12-25-28(19)2)26-20(30)17-6-3-5-15(9-17)14-29-8-4-7-23-29/h3-9,11-13H,10,14H2,1-2H3,(H,22,31)(H,26,30). The number of hydrogen-bond acceptors (Lipinski definition) is 5. The number of aryl methyl sites for hydroxylation is 2. The van der Waals surface area contributed by atoms with Crippen molar-refractivity contribution in [1.82, 2.24) is 34.7 Å². The maximum atomic E-state index is 12.8. The third kappa shape index (κ3) is 4.69. The Bertz CT molecular complexity index is 1210. The van der Waals surface area contributed by atoms with Crippen molar-refractivity contribution in [3.8, 4) is 0 Å². The van der Waals surface area contributed by atoms with Crippen LogP contribution in [-0.2, 0) is 27.2 Å². The first-order valence-electron chi connectivity index (χ1n) is 9.65. The van der Waals surface area contributed by atoms with Gasteiger partial charge in [-0.3, -0.25) is 23.6 Å². The quantitative estimate of drug-likeness (QED) is 0.473. The fourth-order valence-corrected chi connectivity index (χ4v) is 3.21. The molecule has 0 saturated carbocycles. The Balaban J connectivity index is 1.46. The fourth-order valence-electron chi connectivity index (χ4n) is 3.21. The monoisotopic (exact) mass is 418 g/mol. The van der Waals surface area contributed by atoms with Gasteiger partial charge < -0.3 is 10.6 Å². The lowest BCUT2D eigenvalue weighted by Gasteiger charge is -2.09. The molecule has 1 aromatic carbocycles. The van der Waals surface area contributed by atoms with E-state index in [2.05, 4.69) is 25.9 Å². The van der Waals surface area contributed by atoms with Gasteiger partial charge in [-0.1, -0.05) is 12.1 Å². The lowest BCUT2D eigenvalue weighted by molar-refractivity contribution is 0.0942. The fraction of sp³-hybridized carbons (Fsp3) is 0.190. The van der Waals surface area contributed by atoms with Crippen LogP contribution in [0, 0.1) is 0 Å². The summed E-state index contributed by atoms with van der Waals surface area (Å²) < 4.78 is 4.88. The molecular weight excluding hydrogens is 396 g/mol. The lowest BCUT2D eigenvalue weighted by atomic mass is 10.1. The normalized spacial score (nSPS) is 10.8. The predicted molar refractivity (Wildman–Crippen MR) is 113 cm³/mol. The molecule has 4 aromatic rings. The summed E-state index contributed by atoms with van der Waals surface area (Å²) in [6.45, 7) is 0.879. The Labute approximate surface area is 178 Å². The summed E-state index contributed by atoms with van der Waals surface area (Å²) in [5, 5.41) is 18.0. The van der Waals surface area contributed by atoms with E-state index in [1.165, 1.54) is 10.9 Å². The topological polar surface area (TPSA) is 112 Å². The first-order chi connectivity index (χ1) is 15.0. The van der Waals surface area contributed by atoms with E-state index >= 15 is 0 Å². The van der Waals surface area contributed by atoms with Gasteiger partial charge in [-0.15, -0.1) is 0 Å². The van der Waals surface area contributed by atoms with Gasteiger partial charge in [0.2, 0.25) is 0 Å². The second kappa shape index (κ2) is 8.66. The number of amides is 2. The first-order valence-corrected chi connectivity index (χ1v) is 9.65. The van der Waals surface area contributed by atoms with Crippen LogP contribution in [0.4, 0.5) is 5.69 Å². The minimum atomic E-state index is -0.341. The molecule has 0 saturated heterocycles. The summed E-state index contributed by atoms with van der Waals surface area (Å²) in [5.41, 5.74) is 2.91. The zero-order valence-electron chi connectivity index (χ0n) is 17.2. The molecule has 158 valence electrons. The molecule has 0 bridgehead atoms. The Morgan fingerprint density at radius 1 is 1.00 bits per heavy atom. The van der Waals surface area contributed by atoms with Crippen molar-refractivity contribution >= 4 is 17.5 Å². The molecule has 2 N–H and O–H groups in total. The van der Waals surface area contributed by atoms with Gasteiger partial charge in [0.1, 0.15) is 5.69 Å². The van der Waals surface area contributed by atoms with Gasteiger partial charge in [0.15, 0.2) is 0 Å². The summed E-state index contributed by atoms with van der Waals surface area (Å²) in [6, 6.07) is 9.12. The van der Waals surface area contributed by atoms with E-state index < -0.39 is 0 Å². The number of aromatic nitrogens is 6. The summed E-state index contributed by atoms with van der Waals surface area (Å²) >= 11 is 0. The number of hydrogen-bond donors (Lipinski definition) is 2. The zero-order chi connectivity index (χ0) is 21.8. The molecule has 0 aliphatic carbocycles. The average Bonchev–Trinajstić information content (AvgIpc) is 3.49.